The highest BCUT2D eigenvalue weighted by Crippen LogP contribution is 2.22. The van der Waals surface area contributed by atoms with Crippen LogP contribution in [-0.4, -0.2) is 57.3 Å². The van der Waals surface area contributed by atoms with Gasteiger partial charge in [0.1, 0.15) is 0 Å². The lowest BCUT2D eigenvalue weighted by atomic mass is 10.1. The molecule has 0 atom stereocenters. The van der Waals surface area contributed by atoms with Crippen LogP contribution < -0.4 is 0 Å². The van der Waals surface area contributed by atoms with Crippen LogP contribution in [-0.2, 0) is 7.05 Å². The molecule has 0 N–H and O–H groups in total. The summed E-state index contributed by atoms with van der Waals surface area (Å²) >= 11 is 0. The number of para-hydroxylation sites is 1. The molecular weight excluding hydrogens is 328 g/mol. The van der Waals surface area contributed by atoms with Gasteiger partial charge in [0.15, 0.2) is 0 Å². The average molecular weight is 348 g/mol. The van der Waals surface area contributed by atoms with Crippen LogP contribution in [0.25, 0.3) is 10.9 Å². The number of nitrogens with zero attached hydrogens (tertiary/aromatic N) is 4. The number of amides is 2. The van der Waals surface area contributed by atoms with E-state index in [-0.39, 0.29) is 11.8 Å². The third-order valence-corrected chi connectivity index (χ3v) is 4.89. The third kappa shape index (κ3) is 2.83. The summed E-state index contributed by atoms with van der Waals surface area (Å²) < 4.78 is 1.98. The molecule has 6 heteroatoms. The third-order valence-electron chi connectivity index (χ3n) is 4.89. The Morgan fingerprint density at radius 1 is 0.923 bits per heavy atom. The van der Waals surface area contributed by atoms with Crippen molar-refractivity contribution in [2.24, 2.45) is 7.05 Å². The maximum Gasteiger partial charge on any atom is 0.256 e. The number of aromatic nitrogens is 2. The van der Waals surface area contributed by atoms with Crippen LogP contribution in [0.5, 0.6) is 0 Å². The lowest BCUT2D eigenvalue weighted by Crippen LogP contribution is -2.50. The van der Waals surface area contributed by atoms with Crippen molar-refractivity contribution in [2.75, 3.05) is 26.2 Å². The Morgan fingerprint density at radius 2 is 1.62 bits per heavy atom. The van der Waals surface area contributed by atoms with Crippen molar-refractivity contribution in [2.45, 2.75) is 0 Å². The average Bonchev–Trinajstić information content (AvgIpc) is 3.05. The van der Waals surface area contributed by atoms with Crippen LogP contribution in [0.15, 0.2) is 55.0 Å². The molecule has 0 bridgehead atoms. The minimum absolute atomic E-state index is 0.0234. The van der Waals surface area contributed by atoms with E-state index in [1.165, 1.54) is 0 Å². The van der Waals surface area contributed by atoms with Gasteiger partial charge in [-0.1, -0.05) is 18.2 Å². The summed E-state index contributed by atoms with van der Waals surface area (Å²) in [7, 11) is 1.95. The molecule has 0 unspecified atom stereocenters. The molecule has 26 heavy (non-hydrogen) atoms. The Kier molecular flexibility index (Phi) is 4.16. The first-order chi connectivity index (χ1) is 12.6. The molecule has 132 valence electrons. The summed E-state index contributed by atoms with van der Waals surface area (Å²) in [5.74, 6) is -0.00867. The summed E-state index contributed by atoms with van der Waals surface area (Å²) in [5.41, 5.74) is 2.35. The van der Waals surface area contributed by atoms with Gasteiger partial charge in [-0.2, -0.15) is 0 Å². The van der Waals surface area contributed by atoms with Crippen LogP contribution in [0.4, 0.5) is 0 Å². The highest BCUT2D eigenvalue weighted by molar-refractivity contribution is 6.07. The topological polar surface area (TPSA) is 58.4 Å². The van der Waals surface area contributed by atoms with E-state index in [0.29, 0.717) is 31.7 Å². The Hall–Kier alpha value is -3.15. The van der Waals surface area contributed by atoms with Crippen LogP contribution in [0.1, 0.15) is 20.7 Å². The first-order valence-electron chi connectivity index (χ1n) is 8.68. The number of aryl methyl sites for hydroxylation is 1. The van der Waals surface area contributed by atoms with Crippen molar-refractivity contribution in [3.63, 3.8) is 0 Å². The van der Waals surface area contributed by atoms with E-state index in [1.54, 1.807) is 29.4 Å². The quantitative estimate of drug-likeness (QED) is 0.713. The van der Waals surface area contributed by atoms with Gasteiger partial charge in [-0.3, -0.25) is 14.6 Å². The van der Waals surface area contributed by atoms with Crippen LogP contribution in [0, 0.1) is 0 Å². The number of benzene rings is 1. The van der Waals surface area contributed by atoms with Gasteiger partial charge in [-0.25, -0.2) is 0 Å². The highest BCUT2D eigenvalue weighted by atomic mass is 16.2. The molecule has 2 amide bonds. The normalized spacial score (nSPS) is 14.7. The second-order valence-electron chi connectivity index (χ2n) is 6.50. The van der Waals surface area contributed by atoms with Crippen molar-refractivity contribution in [1.82, 2.24) is 19.4 Å². The number of pyridine rings is 1. The van der Waals surface area contributed by atoms with Crippen molar-refractivity contribution >= 4 is 22.7 Å². The van der Waals surface area contributed by atoms with E-state index >= 15 is 0 Å². The van der Waals surface area contributed by atoms with Crippen LogP contribution in [0.3, 0.4) is 0 Å². The van der Waals surface area contributed by atoms with Gasteiger partial charge in [0, 0.05) is 62.7 Å². The number of rotatable bonds is 2. The maximum atomic E-state index is 13.0. The van der Waals surface area contributed by atoms with Gasteiger partial charge in [0.2, 0.25) is 0 Å². The standard InChI is InChI=1S/C20H20N4O2/c1-22-14-17(16-6-2-3-7-18(16)22)20(26)24-11-9-23(10-12-24)19(25)15-5-4-8-21-13-15/h2-8,13-14H,9-12H2,1H3. The van der Waals surface area contributed by atoms with E-state index in [9.17, 15) is 9.59 Å². The monoisotopic (exact) mass is 348 g/mol. The summed E-state index contributed by atoms with van der Waals surface area (Å²) in [6.45, 7) is 2.14. The first-order valence-corrected chi connectivity index (χ1v) is 8.68. The second kappa shape index (κ2) is 6.63. The molecule has 3 aromatic rings. The Labute approximate surface area is 151 Å². The van der Waals surface area contributed by atoms with E-state index in [0.717, 1.165) is 16.5 Å². The molecular formula is C20H20N4O2. The number of hydrogen-bond acceptors (Lipinski definition) is 3. The zero-order valence-corrected chi connectivity index (χ0v) is 14.6. The number of piperazine rings is 1. The molecule has 1 aliphatic heterocycles. The predicted octanol–water partition coefficient (Wildman–Crippen LogP) is 2.17. The van der Waals surface area contributed by atoms with Crippen molar-refractivity contribution in [3.8, 4) is 0 Å². The van der Waals surface area contributed by atoms with E-state index in [4.69, 9.17) is 0 Å². The smallest absolute Gasteiger partial charge is 0.256 e. The SMILES string of the molecule is Cn1cc(C(=O)N2CCN(C(=O)c3cccnc3)CC2)c2ccccc21. The summed E-state index contributed by atoms with van der Waals surface area (Å²) in [6, 6.07) is 11.4. The number of hydrogen-bond donors (Lipinski definition) is 0. The Morgan fingerprint density at radius 3 is 2.31 bits per heavy atom. The number of carbonyl (C=O) groups excluding carboxylic acids is 2. The molecule has 0 saturated carbocycles. The fourth-order valence-electron chi connectivity index (χ4n) is 3.47. The van der Waals surface area contributed by atoms with Crippen molar-refractivity contribution < 1.29 is 9.59 Å². The maximum absolute atomic E-state index is 13.0. The molecule has 1 saturated heterocycles. The van der Waals surface area contributed by atoms with Gasteiger partial charge in [0.05, 0.1) is 11.1 Å². The van der Waals surface area contributed by atoms with Gasteiger partial charge in [-0.15, -0.1) is 0 Å². The van der Waals surface area contributed by atoms with Crippen molar-refractivity contribution in [1.29, 1.82) is 0 Å². The second-order valence-corrected chi connectivity index (χ2v) is 6.50. The Balaban J connectivity index is 1.48. The summed E-state index contributed by atoms with van der Waals surface area (Å²) in [4.78, 5) is 33.1. The minimum atomic E-state index is -0.0321. The zero-order valence-electron chi connectivity index (χ0n) is 14.6. The molecule has 2 aromatic heterocycles. The van der Waals surface area contributed by atoms with E-state index in [2.05, 4.69) is 4.98 Å². The lowest BCUT2D eigenvalue weighted by molar-refractivity contribution is 0.0536. The van der Waals surface area contributed by atoms with Gasteiger partial charge < -0.3 is 14.4 Å². The molecule has 0 spiro atoms. The molecule has 1 fully saturated rings. The molecule has 3 heterocycles. The van der Waals surface area contributed by atoms with E-state index < -0.39 is 0 Å². The number of fused-ring (bicyclic) bond motifs is 1. The largest absolute Gasteiger partial charge is 0.350 e. The van der Waals surface area contributed by atoms with Crippen molar-refractivity contribution in [3.05, 3.63) is 66.1 Å². The first kappa shape index (κ1) is 16.3. The van der Waals surface area contributed by atoms with Gasteiger partial charge >= 0.3 is 0 Å². The molecule has 0 aliphatic carbocycles. The zero-order chi connectivity index (χ0) is 18.1. The lowest BCUT2D eigenvalue weighted by Gasteiger charge is -2.34. The number of carbonyl (C=O) groups is 2. The van der Waals surface area contributed by atoms with E-state index in [1.807, 2.05) is 47.0 Å². The molecule has 1 aromatic carbocycles. The fourth-order valence-corrected chi connectivity index (χ4v) is 3.47. The molecule has 4 rings (SSSR count). The molecule has 1 aliphatic rings. The van der Waals surface area contributed by atoms with Gasteiger partial charge in [0.25, 0.3) is 11.8 Å². The summed E-state index contributed by atoms with van der Waals surface area (Å²) in [5, 5.41) is 0.967. The molecule has 0 radical (unpaired) electrons. The highest BCUT2D eigenvalue weighted by Gasteiger charge is 2.27. The molecule has 6 nitrogen and oxygen atoms in total. The fraction of sp³-hybridized carbons (Fsp3) is 0.250. The van der Waals surface area contributed by atoms with Crippen LogP contribution in [0.2, 0.25) is 0 Å². The minimum Gasteiger partial charge on any atom is -0.350 e. The van der Waals surface area contributed by atoms with Gasteiger partial charge in [-0.05, 0) is 18.2 Å². The summed E-state index contributed by atoms with van der Waals surface area (Å²) in [6.07, 6.45) is 5.12. The van der Waals surface area contributed by atoms with Crippen LogP contribution >= 0.6 is 0 Å². The predicted molar refractivity (Wildman–Crippen MR) is 99.0 cm³/mol. The Bertz CT molecular complexity index is 956.